The molecule has 1 fully saturated rings. The Hall–Kier alpha value is -2.23. The molecule has 21 heavy (non-hydrogen) atoms. The fourth-order valence-electron chi connectivity index (χ4n) is 2.65. The van der Waals surface area contributed by atoms with Crippen molar-refractivity contribution in [3.8, 4) is 11.1 Å². The second kappa shape index (κ2) is 6.04. The van der Waals surface area contributed by atoms with Crippen molar-refractivity contribution in [2.45, 2.75) is 12.8 Å². The smallest absolute Gasteiger partial charge is 0.131 e. The highest BCUT2D eigenvalue weighted by Gasteiger charge is 2.16. The number of aromatic nitrogens is 1. The van der Waals surface area contributed by atoms with Crippen LogP contribution in [0.5, 0.6) is 0 Å². The molecule has 108 valence electrons. The molecule has 0 spiro atoms. The molecule has 1 saturated heterocycles. The van der Waals surface area contributed by atoms with Gasteiger partial charge in [0.25, 0.3) is 0 Å². The zero-order valence-electron chi connectivity index (χ0n) is 12.1. The lowest BCUT2D eigenvalue weighted by molar-refractivity contribution is 0.631. The fraction of sp³-hybridized carbons (Fsp3) is 0.294. The Morgan fingerprint density at radius 1 is 1.10 bits per heavy atom. The van der Waals surface area contributed by atoms with Gasteiger partial charge in [-0.3, -0.25) is 4.99 Å². The molecular weight excluding hydrogens is 265 g/mol. The van der Waals surface area contributed by atoms with Crippen molar-refractivity contribution in [3.05, 3.63) is 48.4 Å². The first kappa shape index (κ1) is 13.7. The Bertz CT molecular complexity index is 639. The van der Waals surface area contributed by atoms with Crippen LogP contribution >= 0.6 is 0 Å². The van der Waals surface area contributed by atoms with E-state index >= 15 is 0 Å². The van der Waals surface area contributed by atoms with Crippen LogP contribution in [0.1, 0.15) is 12.8 Å². The van der Waals surface area contributed by atoms with Crippen LogP contribution in [0.15, 0.2) is 47.6 Å². The van der Waals surface area contributed by atoms with Gasteiger partial charge in [0.15, 0.2) is 0 Å². The molecule has 0 N–H and O–H groups in total. The number of hydrogen-bond acceptors (Lipinski definition) is 3. The van der Waals surface area contributed by atoms with Gasteiger partial charge in [-0.05, 0) is 18.2 Å². The van der Waals surface area contributed by atoms with Crippen LogP contribution in [0.2, 0.25) is 0 Å². The van der Waals surface area contributed by atoms with Gasteiger partial charge >= 0.3 is 0 Å². The number of rotatable bonds is 2. The summed E-state index contributed by atoms with van der Waals surface area (Å²) in [7, 11) is 1.85. The zero-order chi connectivity index (χ0) is 14.7. The summed E-state index contributed by atoms with van der Waals surface area (Å²) in [6, 6.07) is 10.7. The van der Waals surface area contributed by atoms with Gasteiger partial charge in [0.05, 0.1) is 0 Å². The molecule has 4 heteroatoms. The maximum atomic E-state index is 13.8. The normalized spacial score (nSPS) is 15.1. The summed E-state index contributed by atoms with van der Waals surface area (Å²) in [5.74, 6) is 0.735. The molecule has 0 bridgehead atoms. The molecule has 3 nitrogen and oxygen atoms in total. The van der Waals surface area contributed by atoms with Crippen molar-refractivity contribution in [1.82, 2.24) is 4.98 Å². The summed E-state index contributed by atoms with van der Waals surface area (Å²) >= 11 is 0. The van der Waals surface area contributed by atoms with E-state index in [4.69, 9.17) is 0 Å². The number of halogens is 1. The van der Waals surface area contributed by atoms with Crippen molar-refractivity contribution < 1.29 is 4.39 Å². The number of hydrogen-bond donors (Lipinski definition) is 0. The maximum Gasteiger partial charge on any atom is 0.131 e. The quantitative estimate of drug-likeness (QED) is 0.843. The standard InChI is InChI=1S/C17H18FN3/c1-19-14-8-10-21(11-9-14)17-7-6-13(12-20-17)15-4-2-3-5-16(15)18/h2-7,12H,8-11H2,1H3. The number of benzene rings is 1. The molecule has 3 rings (SSSR count). The number of pyridine rings is 1. The van der Waals surface area contributed by atoms with Gasteiger partial charge in [-0.15, -0.1) is 0 Å². The molecule has 2 heterocycles. The van der Waals surface area contributed by atoms with E-state index in [1.54, 1.807) is 18.3 Å². The van der Waals surface area contributed by atoms with Crippen LogP contribution in [0.3, 0.4) is 0 Å². The Kier molecular flexibility index (Phi) is 3.95. The summed E-state index contributed by atoms with van der Waals surface area (Å²) in [6.45, 7) is 1.89. The van der Waals surface area contributed by atoms with Crippen LogP contribution in [-0.2, 0) is 0 Å². The van der Waals surface area contributed by atoms with Gasteiger partial charge in [0.1, 0.15) is 11.6 Å². The molecule has 1 aromatic heterocycles. The van der Waals surface area contributed by atoms with E-state index in [0.29, 0.717) is 5.56 Å². The van der Waals surface area contributed by atoms with Crippen LogP contribution in [0, 0.1) is 5.82 Å². The summed E-state index contributed by atoms with van der Waals surface area (Å²) in [5.41, 5.74) is 2.68. The van der Waals surface area contributed by atoms with Gasteiger partial charge < -0.3 is 4.90 Å². The predicted octanol–water partition coefficient (Wildman–Crippen LogP) is 3.56. The first-order valence-electron chi connectivity index (χ1n) is 7.18. The second-order valence-corrected chi connectivity index (χ2v) is 5.16. The second-order valence-electron chi connectivity index (χ2n) is 5.16. The van der Waals surface area contributed by atoms with Crippen molar-refractivity contribution >= 4 is 11.5 Å². The SMILES string of the molecule is CN=C1CCN(c2ccc(-c3ccccc3F)cn2)CC1. The molecule has 0 aliphatic carbocycles. The van der Waals surface area contributed by atoms with Gasteiger partial charge in [0.2, 0.25) is 0 Å². The highest BCUT2D eigenvalue weighted by Crippen LogP contribution is 2.24. The lowest BCUT2D eigenvalue weighted by atomic mass is 10.1. The molecule has 0 unspecified atom stereocenters. The third-order valence-electron chi connectivity index (χ3n) is 3.91. The first-order valence-corrected chi connectivity index (χ1v) is 7.18. The van der Waals surface area contributed by atoms with Crippen LogP contribution in [-0.4, -0.2) is 30.8 Å². The number of nitrogens with zero attached hydrogens (tertiary/aromatic N) is 3. The van der Waals surface area contributed by atoms with E-state index in [9.17, 15) is 4.39 Å². The summed E-state index contributed by atoms with van der Waals surface area (Å²) in [4.78, 5) is 11.0. The van der Waals surface area contributed by atoms with Crippen LogP contribution in [0.4, 0.5) is 10.2 Å². The Balaban J connectivity index is 1.77. The lowest BCUT2D eigenvalue weighted by Crippen LogP contribution is -2.34. The summed E-state index contributed by atoms with van der Waals surface area (Å²) in [6.07, 6.45) is 3.73. The molecule has 0 atom stereocenters. The molecule has 1 aromatic carbocycles. The molecule has 0 amide bonds. The Morgan fingerprint density at radius 3 is 2.48 bits per heavy atom. The molecule has 1 aliphatic rings. The number of piperidine rings is 1. The fourth-order valence-corrected chi connectivity index (χ4v) is 2.65. The van der Waals surface area contributed by atoms with E-state index in [0.717, 1.165) is 37.3 Å². The van der Waals surface area contributed by atoms with E-state index in [-0.39, 0.29) is 5.82 Å². The average Bonchev–Trinajstić information content (AvgIpc) is 2.56. The van der Waals surface area contributed by atoms with Crippen molar-refractivity contribution in [2.24, 2.45) is 4.99 Å². The highest BCUT2D eigenvalue weighted by molar-refractivity contribution is 5.86. The minimum absolute atomic E-state index is 0.214. The molecule has 0 saturated carbocycles. The minimum Gasteiger partial charge on any atom is -0.356 e. The monoisotopic (exact) mass is 283 g/mol. The average molecular weight is 283 g/mol. The highest BCUT2D eigenvalue weighted by atomic mass is 19.1. The number of aliphatic imine (C=N–C) groups is 1. The van der Waals surface area contributed by atoms with Crippen LogP contribution < -0.4 is 4.90 Å². The van der Waals surface area contributed by atoms with Gasteiger partial charge in [-0.1, -0.05) is 18.2 Å². The Morgan fingerprint density at radius 2 is 1.86 bits per heavy atom. The van der Waals surface area contributed by atoms with E-state index < -0.39 is 0 Å². The lowest BCUT2D eigenvalue weighted by Gasteiger charge is -2.28. The van der Waals surface area contributed by atoms with Crippen molar-refractivity contribution in [3.63, 3.8) is 0 Å². The van der Waals surface area contributed by atoms with Crippen molar-refractivity contribution in [1.29, 1.82) is 0 Å². The van der Waals surface area contributed by atoms with E-state index in [1.807, 2.05) is 25.2 Å². The first-order chi connectivity index (χ1) is 10.3. The van der Waals surface area contributed by atoms with E-state index in [2.05, 4.69) is 14.9 Å². The number of anilines is 1. The third-order valence-corrected chi connectivity index (χ3v) is 3.91. The third kappa shape index (κ3) is 2.94. The largest absolute Gasteiger partial charge is 0.356 e. The van der Waals surface area contributed by atoms with E-state index in [1.165, 1.54) is 11.8 Å². The summed E-state index contributed by atoms with van der Waals surface area (Å²) < 4.78 is 13.8. The van der Waals surface area contributed by atoms with Crippen molar-refractivity contribution in [2.75, 3.05) is 25.0 Å². The zero-order valence-corrected chi connectivity index (χ0v) is 12.1. The van der Waals surface area contributed by atoms with Gasteiger partial charge in [-0.25, -0.2) is 9.37 Å². The van der Waals surface area contributed by atoms with Gasteiger partial charge in [-0.2, -0.15) is 0 Å². The molecular formula is C17H18FN3. The maximum absolute atomic E-state index is 13.8. The topological polar surface area (TPSA) is 28.5 Å². The summed E-state index contributed by atoms with van der Waals surface area (Å²) in [5, 5.41) is 0. The van der Waals surface area contributed by atoms with Crippen LogP contribution in [0.25, 0.3) is 11.1 Å². The molecule has 1 aliphatic heterocycles. The molecule has 2 aromatic rings. The predicted molar refractivity (Wildman–Crippen MR) is 84.4 cm³/mol. The van der Waals surface area contributed by atoms with Gasteiger partial charge in [0, 0.05) is 56.0 Å². The minimum atomic E-state index is -0.214. The molecule has 0 radical (unpaired) electrons. The Labute approximate surface area is 124 Å².